The van der Waals surface area contributed by atoms with Crippen LogP contribution in [0, 0.1) is 17.8 Å². The number of rotatable bonds is 6. The SMILES string of the molecule is O=C(NCc1ccc(Cl)cc1)C1CCC(CNC2NC(=S)NC3CCCCC32)CC1. The Morgan fingerprint density at radius 1 is 1.03 bits per heavy atom. The number of thiocarbonyl (C=S) groups is 1. The Balaban J connectivity index is 1.18. The van der Waals surface area contributed by atoms with E-state index >= 15 is 0 Å². The highest BCUT2D eigenvalue weighted by Crippen LogP contribution is 2.31. The molecular formula is C23H33ClN4OS. The van der Waals surface area contributed by atoms with Crippen LogP contribution in [0.1, 0.15) is 56.9 Å². The van der Waals surface area contributed by atoms with Crippen LogP contribution in [0.15, 0.2) is 24.3 Å². The average Bonchev–Trinajstić information content (AvgIpc) is 2.77. The van der Waals surface area contributed by atoms with Crippen molar-refractivity contribution in [3.8, 4) is 0 Å². The summed E-state index contributed by atoms with van der Waals surface area (Å²) in [5, 5.41) is 15.3. The highest BCUT2D eigenvalue weighted by molar-refractivity contribution is 7.80. The first-order valence-corrected chi connectivity index (χ1v) is 12.2. The van der Waals surface area contributed by atoms with E-state index in [-0.39, 0.29) is 18.0 Å². The zero-order valence-electron chi connectivity index (χ0n) is 17.5. The summed E-state index contributed by atoms with van der Waals surface area (Å²) < 4.78 is 0. The molecule has 1 amide bonds. The van der Waals surface area contributed by atoms with Gasteiger partial charge in [0.2, 0.25) is 5.91 Å². The predicted octanol–water partition coefficient (Wildman–Crippen LogP) is 3.71. The largest absolute Gasteiger partial charge is 0.360 e. The molecular weight excluding hydrogens is 416 g/mol. The lowest BCUT2D eigenvalue weighted by Gasteiger charge is -2.44. The summed E-state index contributed by atoms with van der Waals surface area (Å²) in [5.41, 5.74) is 1.08. The van der Waals surface area contributed by atoms with Gasteiger partial charge in [-0.3, -0.25) is 10.1 Å². The minimum atomic E-state index is 0.140. The van der Waals surface area contributed by atoms with Crippen LogP contribution in [0.2, 0.25) is 5.02 Å². The summed E-state index contributed by atoms with van der Waals surface area (Å²) in [6.45, 7) is 1.57. The van der Waals surface area contributed by atoms with Crippen LogP contribution in [0.3, 0.4) is 0 Å². The first kappa shape index (κ1) is 21.8. The quantitative estimate of drug-likeness (QED) is 0.499. The summed E-state index contributed by atoms with van der Waals surface area (Å²) in [4.78, 5) is 12.6. The lowest BCUT2D eigenvalue weighted by molar-refractivity contribution is -0.126. The van der Waals surface area contributed by atoms with E-state index in [0.29, 0.717) is 24.4 Å². The number of halogens is 1. The summed E-state index contributed by atoms with van der Waals surface area (Å²) in [5.74, 6) is 1.57. The molecule has 3 fully saturated rings. The Bertz CT molecular complexity index is 735. The molecule has 5 nitrogen and oxygen atoms in total. The van der Waals surface area contributed by atoms with E-state index in [1.807, 2.05) is 24.3 Å². The van der Waals surface area contributed by atoms with Gasteiger partial charge in [-0.25, -0.2) is 0 Å². The first-order valence-electron chi connectivity index (χ1n) is 11.4. The van der Waals surface area contributed by atoms with Gasteiger partial charge < -0.3 is 16.0 Å². The van der Waals surface area contributed by atoms with E-state index in [4.69, 9.17) is 23.8 Å². The van der Waals surface area contributed by atoms with Crippen molar-refractivity contribution in [1.82, 2.24) is 21.3 Å². The molecule has 3 aliphatic rings. The number of amides is 1. The minimum absolute atomic E-state index is 0.140. The van der Waals surface area contributed by atoms with E-state index in [2.05, 4.69) is 21.3 Å². The van der Waals surface area contributed by atoms with Gasteiger partial charge in [0.15, 0.2) is 5.11 Å². The molecule has 164 valence electrons. The molecule has 0 spiro atoms. The molecule has 2 aliphatic carbocycles. The van der Waals surface area contributed by atoms with Crippen molar-refractivity contribution in [1.29, 1.82) is 0 Å². The topological polar surface area (TPSA) is 65.2 Å². The van der Waals surface area contributed by atoms with Gasteiger partial charge in [-0.2, -0.15) is 0 Å². The molecule has 7 heteroatoms. The summed E-state index contributed by atoms with van der Waals surface area (Å²) in [7, 11) is 0. The lowest BCUT2D eigenvalue weighted by atomic mass is 9.80. The van der Waals surface area contributed by atoms with Gasteiger partial charge in [0.1, 0.15) is 0 Å². The predicted molar refractivity (Wildman–Crippen MR) is 125 cm³/mol. The maximum atomic E-state index is 12.6. The molecule has 3 unspecified atom stereocenters. The van der Waals surface area contributed by atoms with Gasteiger partial charge in [0.05, 0.1) is 6.17 Å². The number of hydrogen-bond donors (Lipinski definition) is 4. The molecule has 1 aromatic carbocycles. The van der Waals surface area contributed by atoms with Gasteiger partial charge in [-0.15, -0.1) is 0 Å². The zero-order chi connectivity index (χ0) is 20.9. The monoisotopic (exact) mass is 448 g/mol. The normalized spacial score (nSPS) is 31.2. The Kier molecular flexibility index (Phi) is 7.50. The molecule has 0 aromatic heterocycles. The highest BCUT2D eigenvalue weighted by Gasteiger charge is 2.36. The second-order valence-electron chi connectivity index (χ2n) is 9.12. The van der Waals surface area contributed by atoms with Crippen molar-refractivity contribution < 1.29 is 4.79 Å². The summed E-state index contributed by atoms with van der Waals surface area (Å²) in [6, 6.07) is 8.16. The van der Waals surface area contributed by atoms with E-state index in [0.717, 1.165) is 47.9 Å². The standard InChI is InChI=1S/C23H33ClN4OS/c24-18-11-7-16(8-12-18)14-26-22(29)17-9-5-15(6-10-17)13-25-21-19-3-1-2-4-20(19)27-23(30)28-21/h7-8,11-12,15,17,19-21,25H,1-6,9-10,13-14H2,(H,26,29)(H2,27,28,30). The third kappa shape index (κ3) is 5.65. The molecule has 1 heterocycles. The van der Waals surface area contributed by atoms with Crippen molar-refractivity contribution in [3.63, 3.8) is 0 Å². The fraction of sp³-hybridized carbons (Fsp3) is 0.652. The van der Waals surface area contributed by atoms with Gasteiger partial charge >= 0.3 is 0 Å². The molecule has 1 saturated heterocycles. The molecule has 2 saturated carbocycles. The zero-order valence-corrected chi connectivity index (χ0v) is 19.0. The Hall–Kier alpha value is -1.37. The molecule has 0 radical (unpaired) electrons. The molecule has 4 rings (SSSR count). The average molecular weight is 449 g/mol. The smallest absolute Gasteiger partial charge is 0.223 e. The molecule has 1 aromatic rings. The third-order valence-corrected chi connectivity index (χ3v) is 7.56. The maximum Gasteiger partial charge on any atom is 0.223 e. The Morgan fingerprint density at radius 2 is 1.77 bits per heavy atom. The minimum Gasteiger partial charge on any atom is -0.360 e. The maximum absolute atomic E-state index is 12.6. The Morgan fingerprint density at radius 3 is 2.53 bits per heavy atom. The van der Waals surface area contributed by atoms with E-state index in [9.17, 15) is 4.79 Å². The number of carbonyl (C=O) groups is 1. The fourth-order valence-corrected chi connectivity index (χ4v) is 5.66. The van der Waals surface area contributed by atoms with Crippen LogP contribution >= 0.6 is 23.8 Å². The number of hydrogen-bond acceptors (Lipinski definition) is 3. The van der Waals surface area contributed by atoms with Crippen LogP contribution < -0.4 is 21.3 Å². The van der Waals surface area contributed by atoms with Crippen LogP contribution in [0.5, 0.6) is 0 Å². The van der Waals surface area contributed by atoms with Crippen LogP contribution in [-0.4, -0.2) is 29.8 Å². The number of carbonyl (C=O) groups excluding carboxylic acids is 1. The Labute approximate surface area is 190 Å². The first-order chi connectivity index (χ1) is 14.6. The second-order valence-corrected chi connectivity index (χ2v) is 9.97. The van der Waals surface area contributed by atoms with Gasteiger partial charge in [0.25, 0.3) is 0 Å². The third-order valence-electron chi connectivity index (χ3n) is 7.07. The van der Waals surface area contributed by atoms with Crippen molar-refractivity contribution >= 4 is 34.8 Å². The summed E-state index contributed by atoms with van der Waals surface area (Å²) in [6.07, 6.45) is 9.53. The van der Waals surface area contributed by atoms with Crippen molar-refractivity contribution in [2.24, 2.45) is 17.8 Å². The van der Waals surface area contributed by atoms with Crippen molar-refractivity contribution in [3.05, 3.63) is 34.9 Å². The van der Waals surface area contributed by atoms with E-state index in [1.54, 1.807) is 0 Å². The van der Waals surface area contributed by atoms with Crippen LogP contribution in [0.25, 0.3) is 0 Å². The second kappa shape index (κ2) is 10.3. The lowest BCUT2D eigenvalue weighted by Crippen LogP contribution is -2.65. The van der Waals surface area contributed by atoms with Gasteiger partial charge in [-0.05, 0) is 80.9 Å². The number of fused-ring (bicyclic) bond motifs is 1. The number of benzene rings is 1. The molecule has 0 bridgehead atoms. The van der Waals surface area contributed by atoms with Crippen molar-refractivity contribution in [2.45, 2.75) is 70.1 Å². The van der Waals surface area contributed by atoms with E-state index in [1.165, 1.54) is 25.7 Å². The number of nitrogens with one attached hydrogen (secondary N) is 4. The van der Waals surface area contributed by atoms with Gasteiger partial charge in [0, 0.05) is 29.4 Å². The van der Waals surface area contributed by atoms with Crippen LogP contribution in [-0.2, 0) is 11.3 Å². The van der Waals surface area contributed by atoms with Crippen LogP contribution in [0.4, 0.5) is 0 Å². The highest BCUT2D eigenvalue weighted by atomic mass is 35.5. The fourth-order valence-electron chi connectivity index (χ4n) is 5.26. The molecule has 3 atom stereocenters. The van der Waals surface area contributed by atoms with Crippen molar-refractivity contribution in [2.75, 3.05) is 6.54 Å². The molecule has 1 aliphatic heterocycles. The van der Waals surface area contributed by atoms with E-state index < -0.39 is 0 Å². The summed E-state index contributed by atoms with van der Waals surface area (Å²) >= 11 is 11.3. The molecule has 4 N–H and O–H groups in total. The van der Waals surface area contributed by atoms with Gasteiger partial charge in [-0.1, -0.05) is 36.6 Å². The molecule has 30 heavy (non-hydrogen) atoms.